The number of Topliss-reactive ketones (excluding diaryl/α,β-unsaturated/α-hetero) is 1. The summed E-state index contributed by atoms with van der Waals surface area (Å²) in [6.07, 6.45) is -4.80. The van der Waals surface area contributed by atoms with Crippen molar-refractivity contribution in [1.82, 2.24) is 0 Å². The monoisotopic (exact) mass is 652 g/mol. The number of anilines is 1. The van der Waals surface area contributed by atoms with Gasteiger partial charge >= 0.3 is 18.1 Å². The second kappa shape index (κ2) is 13.3. The Balaban J connectivity index is 1.84. The van der Waals surface area contributed by atoms with Crippen molar-refractivity contribution in [1.29, 1.82) is 0 Å². The van der Waals surface area contributed by atoms with Crippen LogP contribution in [0.1, 0.15) is 48.8 Å². The van der Waals surface area contributed by atoms with Crippen LogP contribution in [0.4, 0.5) is 23.2 Å². The van der Waals surface area contributed by atoms with Crippen LogP contribution in [0.3, 0.4) is 0 Å². The number of methoxy groups -OCH3 is 1. The van der Waals surface area contributed by atoms with Crippen LogP contribution >= 0.6 is 0 Å². The van der Waals surface area contributed by atoms with E-state index in [4.69, 9.17) is 19.9 Å². The molecular weight excluding hydrogens is 620 g/mol. The third-order valence-electron chi connectivity index (χ3n) is 8.23. The molecule has 1 aliphatic heterocycles. The van der Waals surface area contributed by atoms with Crippen LogP contribution in [0.5, 0.6) is 5.75 Å². The Morgan fingerprint density at radius 1 is 0.936 bits per heavy atom. The first kappa shape index (κ1) is 33.2. The molecule has 0 fully saturated rings. The second-order valence-electron chi connectivity index (χ2n) is 10.9. The number of halogens is 4. The Morgan fingerprint density at radius 2 is 1.62 bits per heavy atom. The Bertz CT molecular complexity index is 1770. The van der Waals surface area contributed by atoms with Crippen molar-refractivity contribution in [3.8, 4) is 5.75 Å². The number of nitrogens with two attached hydrogens (primary N) is 1. The molecule has 0 bridgehead atoms. The Morgan fingerprint density at radius 3 is 2.26 bits per heavy atom. The number of hydrogen-bond acceptors (Lipinski definition) is 8. The van der Waals surface area contributed by atoms with Crippen molar-refractivity contribution in [3.63, 3.8) is 0 Å². The maximum Gasteiger partial charge on any atom is 0.416 e. The van der Waals surface area contributed by atoms with Gasteiger partial charge in [0.2, 0.25) is 0 Å². The highest BCUT2D eigenvalue weighted by Crippen LogP contribution is 2.52. The number of allylic oxidation sites excluding steroid dienone is 2. The standard InChI is InChI=1S/C35H32F4N2O6/c1-4-46-33(43)28-25(20-8-6-11-24(16-20)45-3)18-26-29(31(28)42)27(19-12-14-22(36)15-13-19)30(34(44)47-5-2)32(40)41(26)23-10-7-9-21(17-23)35(37,38)39/h6-17,25,27-28H,4-5,18,40H2,1-3H3/t25-,27+,28+/m0/s1. The van der Waals surface area contributed by atoms with Crippen LogP contribution in [-0.4, -0.2) is 38.0 Å². The van der Waals surface area contributed by atoms with Gasteiger partial charge < -0.3 is 19.9 Å². The minimum atomic E-state index is -4.72. The molecule has 2 N–H and O–H groups in total. The van der Waals surface area contributed by atoms with Gasteiger partial charge in [0.15, 0.2) is 5.78 Å². The molecule has 0 aromatic heterocycles. The Hall–Kier alpha value is -5.13. The van der Waals surface area contributed by atoms with E-state index in [-0.39, 0.29) is 53.5 Å². The molecule has 5 rings (SSSR count). The number of carbonyl (C=O) groups excluding carboxylic acids is 3. The summed E-state index contributed by atoms with van der Waals surface area (Å²) in [5.41, 5.74) is 6.33. The Kier molecular flexibility index (Phi) is 9.41. The minimum absolute atomic E-state index is 0.0297. The zero-order valence-electron chi connectivity index (χ0n) is 25.8. The maximum absolute atomic E-state index is 14.8. The second-order valence-corrected chi connectivity index (χ2v) is 10.9. The van der Waals surface area contributed by atoms with Crippen molar-refractivity contribution < 1.29 is 46.2 Å². The average molecular weight is 653 g/mol. The van der Waals surface area contributed by atoms with Crippen molar-refractivity contribution in [3.05, 3.63) is 118 Å². The number of ether oxygens (including phenoxy) is 3. The number of benzene rings is 3. The number of carbonyl (C=O) groups is 3. The van der Waals surface area contributed by atoms with Gasteiger partial charge in [-0.05, 0) is 73.9 Å². The number of rotatable bonds is 8. The third-order valence-corrected chi connectivity index (χ3v) is 8.23. The van der Waals surface area contributed by atoms with E-state index >= 15 is 0 Å². The quantitative estimate of drug-likeness (QED) is 0.170. The van der Waals surface area contributed by atoms with Crippen LogP contribution in [0.25, 0.3) is 0 Å². The summed E-state index contributed by atoms with van der Waals surface area (Å²) in [7, 11) is 1.46. The lowest BCUT2D eigenvalue weighted by molar-refractivity contribution is -0.152. The number of nitrogens with zero attached hydrogens (tertiary/aromatic N) is 1. The molecule has 3 atom stereocenters. The molecule has 0 spiro atoms. The smallest absolute Gasteiger partial charge is 0.416 e. The van der Waals surface area contributed by atoms with Crippen molar-refractivity contribution in [2.24, 2.45) is 11.7 Å². The molecule has 8 nitrogen and oxygen atoms in total. The molecule has 0 amide bonds. The first-order valence-electron chi connectivity index (χ1n) is 14.9. The molecule has 0 saturated heterocycles. The summed E-state index contributed by atoms with van der Waals surface area (Å²) in [6, 6.07) is 16.1. The lowest BCUT2D eigenvalue weighted by atomic mass is 9.67. The highest BCUT2D eigenvalue weighted by Gasteiger charge is 2.51. The lowest BCUT2D eigenvalue weighted by Crippen LogP contribution is -2.46. The predicted octanol–water partition coefficient (Wildman–Crippen LogP) is 6.38. The fraction of sp³-hybridized carbons (Fsp3) is 0.286. The van der Waals surface area contributed by atoms with Crippen molar-refractivity contribution in [2.75, 3.05) is 25.2 Å². The molecule has 12 heteroatoms. The van der Waals surface area contributed by atoms with E-state index in [1.807, 2.05) is 0 Å². The molecule has 0 radical (unpaired) electrons. The van der Waals surface area contributed by atoms with E-state index in [9.17, 15) is 31.9 Å². The SMILES string of the molecule is CCOC(=O)C1=C(N)N(c2cccc(C(F)(F)F)c2)C2=C(C(=O)[C@H](C(=O)OCC)[C@H](c3cccc(OC)c3)C2)[C@H]1c1ccc(F)cc1. The van der Waals surface area contributed by atoms with Crippen molar-refractivity contribution in [2.45, 2.75) is 38.3 Å². The van der Waals surface area contributed by atoms with E-state index in [1.165, 1.54) is 36.3 Å². The van der Waals surface area contributed by atoms with Gasteiger partial charge in [-0.15, -0.1) is 0 Å². The highest BCUT2D eigenvalue weighted by molar-refractivity contribution is 6.14. The summed E-state index contributed by atoms with van der Waals surface area (Å²) in [4.78, 5) is 43.3. The minimum Gasteiger partial charge on any atom is -0.497 e. The molecular formula is C35H32F4N2O6. The van der Waals surface area contributed by atoms with Gasteiger partial charge in [0.1, 0.15) is 23.3 Å². The zero-order chi connectivity index (χ0) is 34.0. The topological polar surface area (TPSA) is 108 Å². The number of ketones is 1. The van der Waals surface area contributed by atoms with E-state index < -0.39 is 53.0 Å². The van der Waals surface area contributed by atoms with Gasteiger partial charge in [-0.1, -0.05) is 30.3 Å². The molecule has 246 valence electrons. The number of esters is 2. The largest absolute Gasteiger partial charge is 0.497 e. The number of alkyl halides is 3. The first-order chi connectivity index (χ1) is 22.4. The first-order valence-corrected chi connectivity index (χ1v) is 14.9. The number of hydrogen-bond donors (Lipinski definition) is 1. The van der Waals surface area contributed by atoms with Gasteiger partial charge in [0.05, 0.1) is 37.4 Å². The molecule has 0 saturated carbocycles. The summed E-state index contributed by atoms with van der Waals surface area (Å²) in [6.45, 7) is 3.04. The molecule has 1 aliphatic carbocycles. The summed E-state index contributed by atoms with van der Waals surface area (Å²) >= 11 is 0. The van der Waals surface area contributed by atoms with Crippen molar-refractivity contribution >= 4 is 23.4 Å². The van der Waals surface area contributed by atoms with Gasteiger partial charge in [-0.3, -0.25) is 14.5 Å². The van der Waals surface area contributed by atoms with E-state index in [0.29, 0.717) is 11.3 Å². The van der Waals surface area contributed by atoms with E-state index in [0.717, 1.165) is 24.3 Å². The van der Waals surface area contributed by atoms with Crippen LogP contribution < -0.4 is 15.4 Å². The molecule has 2 aliphatic rings. The molecule has 47 heavy (non-hydrogen) atoms. The van der Waals surface area contributed by atoms with Crippen LogP contribution in [-0.2, 0) is 30.0 Å². The van der Waals surface area contributed by atoms with Gasteiger partial charge in [0.25, 0.3) is 0 Å². The summed E-state index contributed by atoms with van der Waals surface area (Å²) < 4.78 is 72.0. The van der Waals surface area contributed by atoms with Gasteiger partial charge in [-0.25, -0.2) is 9.18 Å². The van der Waals surface area contributed by atoms with Gasteiger partial charge in [0, 0.05) is 22.9 Å². The van der Waals surface area contributed by atoms with Crippen LogP contribution in [0.2, 0.25) is 0 Å². The van der Waals surface area contributed by atoms with Gasteiger partial charge in [-0.2, -0.15) is 13.2 Å². The average Bonchev–Trinajstić information content (AvgIpc) is 3.04. The fourth-order valence-corrected chi connectivity index (χ4v) is 6.23. The maximum atomic E-state index is 14.8. The molecule has 0 unspecified atom stereocenters. The van der Waals surface area contributed by atoms with E-state index in [2.05, 4.69) is 0 Å². The summed E-state index contributed by atoms with van der Waals surface area (Å²) in [5, 5.41) is 0. The highest BCUT2D eigenvalue weighted by atomic mass is 19.4. The van der Waals surface area contributed by atoms with E-state index in [1.54, 1.807) is 38.1 Å². The molecule has 1 heterocycles. The zero-order valence-corrected chi connectivity index (χ0v) is 25.8. The third kappa shape index (κ3) is 6.32. The normalized spacial score (nSPS) is 19.8. The fourth-order valence-electron chi connectivity index (χ4n) is 6.23. The lowest BCUT2D eigenvalue weighted by Gasteiger charge is -2.44. The Labute approximate surface area is 268 Å². The van der Waals surface area contributed by atoms with Crippen LogP contribution in [0.15, 0.2) is 95.5 Å². The predicted molar refractivity (Wildman–Crippen MR) is 163 cm³/mol. The molecule has 3 aromatic rings. The summed E-state index contributed by atoms with van der Waals surface area (Å²) in [5.74, 6) is -6.41. The van der Waals surface area contributed by atoms with Crippen LogP contribution in [0, 0.1) is 11.7 Å². The molecule has 3 aromatic carbocycles.